The van der Waals surface area contributed by atoms with Gasteiger partial charge in [-0.1, -0.05) is 0 Å². The molecule has 0 aromatic carbocycles. The van der Waals surface area contributed by atoms with E-state index < -0.39 is 17.6 Å². The highest BCUT2D eigenvalue weighted by Crippen LogP contribution is 2.34. The normalized spacial score (nSPS) is 17.2. The summed E-state index contributed by atoms with van der Waals surface area (Å²) in [5.74, 6) is 0.217. The van der Waals surface area contributed by atoms with Gasteiger partial charge in [0.25, 0.3) is 0 Å². The maximum atomic E-state index is 12.9. The van der Waals surface area contributed by atoms with E-state index in [0.717, 1.165) is 32.0 Å². The number of aliphatic imine (C=N–C) groups is 1. The second kappa shape index (κ2) is 9.77. The molecule has 2 N–H and O–H groups in total. The van der Waals surface area contributed by atoms with Crippen molar-refractivity contribution < 1.29 is 17.9 Å². The third-order valence-electron chi connectivity index (χ3n) is 4.53. The first-order valence-electron chi connectivity index (χ1n) is 9.17. The molecule has 2 rings (SSSR count). The number of hydrogen-bond acceptors (Lipinski definition) is 4. The Balaban J connectivity index is 1.75. The average Bonchev–Trinajstić information content (AvgIpc) is 2.64. The van der Waals surface area contributed by atoms with Crippen LogP contribution in [0.2, 0.25) is 0 Å². The number of hydrogen-bond donors (Lipinski definition) is 2. The van der Waals surface area contributed by atoms with Crippen LogP contribution >= 0.6 is 0 Å². The van der Waals surface area contributed by atoms with Crippen LogP contribution in [0.5, 0.6) is 5.88 Å². The van der Waals surface area contributed by atoms with E-state index in [1.165, 1.54) is 12.3 Å². The summed E-state index contributed by atoms with van der Waals surface area (Å²) in [5, 5.41) is 6.43. The molecule has 1 aliphatic rings. The minimum absolute atomic E-state index is 0.0482. The Morgan fingerprint density at radius 1 is 1.37 bits per heavy atom. The molecule has 1 aromatic rings. The van der Waals surface area contributed by atoms with E-state index in [1.54, 1.807) is 7.05 Å². The lowest BCUT2D eigenvalue weighted by molar-refractivity contribution is -0.139. The number of nitrogens with one attached hydrogen (secondary N) is 2. The van der Waals surface area contributed by atoms with Crippen molar-refractivity contribution in [2.75, 3.05) is 33.3 Å². The molecular weight excluding hydrogens is 359 g/mol. The van der Waals surface area contributed by atoms with Crippen molar-refractivity contribution in [2.45, 2.75) is 44.9 Å². The minimum Gasteiger partial charge on any atom is -0.475 e. The molecule has 0 bridgehead atoms. The molecule has 0 atom stereocenters. The number of piperidine rings is 1. The topological polar surface area (TPSA) is 61.8 Å². The fraction of sp³-hybridized carbons (Fsp3) is 0.667. The van der Waals surface area contributed by atoms with Gasteiger partial charge in [-0.25, -0.2) is 4.98 Å². The molecule has 1 aliphatic heterocycles. The molecule has 152 valence electrons. The zero-order chi connectivity index (χ0) is 19.9. The second-order valence-corrected chi connectivity index (χ2v) is 6.75. The van der Waals surface area contributed by atoms with Gasteiger partial charge in [0.2, 0.25) is 5.88 Å². The fourth-order valence-electron chi connectivity index (χ4n) is 2.99. The molecule has 0 aliphatic carbocycles. The zero-order valence-corrected chi connectivity index (χ0v) is 16.0. The molecule has 2 heterocycles. The largest absolute Gasteiger partial charge is 0.475 e. The van der Waals surface area contributed by atoms with E-state index >= 15 is 0 Å². The molecule has 1 fully saturated rings. The fourth-order valence-corrected chi connectivity index (χ4v) is 2.99. The molecule has 9 heteroatoms. The Bertz CT molecular complexity index is 613. The highest BCUT2D eigenvalue weighted by Gasteiger charge is 2.35. The molecular formula is C18H28F3N5O. The smallest absolute Gasteiger partial charge is 0.421 e. The maximum absolute atomic E-state index is 12.9. The van der Waals surface area contributed by atoms with Crippen molar-refractivity contribution in [3.05, 3.63) is 23.9 Å². The number of halogens is 3. The summed E-state index contributed by atoms with van der Waals surface area (Å²) in [6, 6.07) is 3.08. The molecule has 0 spiro atoms. The van der Waals surface area contributed by atoms with Crippen LogP contribution in [0.3, 0.4) is 0 Å². The summed E-state index contributed by atoms with van der Waals surface area (Å²) < 4.78 is 43.9. The summed E-state index contributed by atoms with van der Waals surface area (Å²) >= 11 is 0. The monoisotopic (exact) mass is 387 g/mol. The summed E-state index contributed by atoms with van der Waals surface area (Å²) in [4.78, 5) is 10.3. The van der Waals surface area contributed by atoms with Gasteiger partial charge < -0.3 is 20.3 Å². The van der Waals surface area contributed by atoms with Gasteiger partial charge in [-0.2, -0.15) is 13.2 Å². The Kier molecular flexibility index (Phi) is 7.70. The van der Waals surface area contributed by atoms with Crippen LogP contribution in [0.4, 0.5) is 13.2 Å². The lowest BCUT2D eigenvalue weighted by Gasteiger charge is -2.35. The highest BCUT2D eigenvalue weighted by atomic mass is 19.4. The number of likely N-dealkylation sites (tertiary alicyclic amines) is 1. The Hall–Kier alpha value is -2.03. The van der Waals surface area contributed by atoms with E-state index in [2.05, 4.69) is 39.4 Å². The van der Waals surface area contributed by atoms with Gasteiger partial charge in [-0.15, -0.1) is 0 Å². The van der Waals surface area contributed by atoms with Crippen LogP contribution in [0.25, 0.3) is 0 Å². The number of rotatable bonds is 6. The van der Waals surface area contributed by atoms with Crippen molar-refractivity contribution in [2.24, 2.45) is 4.99 Å². The third kappa shape index (κ3) is 6.57. The average molecular weight is 387 g/mol. The summed E-state index contributed by atoms with van der Waals surface area (Å²) in [6.07, 6.45) is -1.15. The Labute approximate surface area is 158 Å². The predicted molar refractivity (Wildman–Crippen MR) is 99.0 cm³/mol. The van der Waals surface area contributed by atoms with Crippen LogP contribution < -0.4 is 15.4 Å². The first-order chi connectivity index (χ1) is 12.8. The number of pyridine rings is 1. The van der Waals surface area contributed by atoms with Crippen molar-refractivity contribution in [1.82, 2.24) is 20.5 Å². The van der Waals surface area contributed by atoms with Crippen molar-refractivity contribution in [1.29, 1.82) is 0 Å². The van der Waals surface area contributed by atoms with Gasteiger partial charge in [0.1, 0.15) is 12.2 Å². The molecule has 0 saturated carbocycles. The Morgan fingerprint density at radius 2 is 2.07 bits per heavy atom. The van der Waals surface area contributed by atoms with Gasteiger partial charge in [-0.3, -0.25) is 4.99 Å². The van der Waals surface area contributed by atoms with Crippen LogP contribution in [0, 0.1) is 0 Å². The van der Waals surface area contributed by atoms with Gasteiger partial charge in [0, 0.05) is 38.4 Å². The van der Waals surface area contributed by atoms with Gasteiger partial charge in [-0.05, 0) is 38.8 Å². The molecule has 6 nitrogen and oxygen atoms in total. The van der Waals surface area contributed by atoms with Crippen LogP contribution in [0.1, 0.15) is 32.3 Å². The number of aromatic nitrogens is 1. The standard InChI is InChI=1S/C18H28F3N5O/c1-13(2)26-10-6-14(7-11-26)25-17(22-3)24-9-12-27-16-15(18(19,20)21)5-4-8-23-16/h4-5,8,13-14H,6-7,9-12H2,1-3H3,(H2,22,24,25). The van der Waals surface area contributed by atoms with E-state index in [4.69, 9.17) is 4.74 Å². The Morgan fingerprint density at radius 3 is 2.67 bits per heavy atom. The number of nitrogens with zero attached hydrogens (tertiary/aromatic N) is 3. The number of alkyl halides is 3. The molecule has 27 heavy (non-hydrogen) atoms. The van der Waals surface area contributed by atoms with E-state index in [0.29, 0.717) is 24.6 Å². The van der Waals surface area contributed by atoms with Gasteiger partial charge >= 0.3 is 6.18 Å². The molecule has 0 unspecified atom stereocenters. The lowest BCUT2D eigenvalue weighted by atomic mass is 10.0. The highest BCUT2D eigenvalue weighted by molar-refractivity contribution is 5.79. The lowest BCUT2D eigenvalue weighted by Crippen LogP contribution is -2.50. The van der Waals surface area contributed by atoms with Crippen molar-refractivity contribution in [3.8, 4) is 5.88 Å². The SMILES string of the molecule is CN=C(NCCOc1ncccc1C(F)(F)F)NC1CCN(C(C)C)CC1. The zero-order valence-electron chi connectivity index (χ0n) is 16.0. The minimum atomic E-state index is -4.49. The molecule has 1 aromatic heterocycles. The summed E-state index contributed by atoms with van der Waals surface area (Å²) in [7, 11) is 1.67. The van der Waals surface area contributed by atoms with Gasteiger partial charge in [0.05, 0.1) is 6.54 Å². The second-order valence-electron chi connectivity index (χ2n) is 6.75. The maximum Gasteiger partial charge on any atom is 0.421 e. The van der Waals surface area contributed by atoms with Crippen molar-refractivity contribution >= 4 is 5.96 Å². The van der Waals surface area contributed by atoms with Crippen molar-refractivity contribution in [3.63, 3.8) is 0 Å². The van der Waals surface area contributed by atoms with E-state index in [1.807, 2.05) is 0 Å². The van der Waals surface area contributed by atoms with Gasteiger partial charge in [0.15, 0.2) is 5.96 Å². The first-order valence-corrected chi connectivity index (χ1v) is 9.17. The summed E-state index contributed by atoms with van der Waals surface area (Å²) in [5.41, 5.74) is -0.871. The first kappa shape index (κ1) is 21.3. The predicted octanol–water partition coefficient (Wildman–Crippen LogP) is 2.52. The van der Waals surface area contributed by atoms with Crippen LogP contribution in [-0.2, 0) is 6.18 Å². The number of ether oxygens (including phenoxy) is 1. The molecule has 1 saturated heterocycles. The third-order valence-corrected chi connectivity index (χ3v) is 4.53. The number of guanidine groups is 1. The van der Waals surface area contributed by atoms with E-state index in [9.17, 15) is 13.2 Å². The van der Waals surface area contributed by atoms with Crippen LogP contribution in [-0.4, -0.2) is 61.2 Å². The van der Waals surface area contributed by atoms with E-state index in [-0.39, 0.29) is 6.61 Å². The van der Waals surface area contributed by atoms with Crippen LogP contribution in [0.15, 0.2) is 23.3 Å². The quantitative estimate of drug-likeness (QED) is 0.446. The molecule has 0 radical (unpaired) electrons. The molecule has 0 amide bonds. The summed E-state index contributed by atoms with van der Waals surface area (Å²) in [6.45, 7) is 6.83.